The highest BCUT2D eigenvalue weighted by molar-refractivity contribution is 5.65. The average molecular weight is 397 g/mol. The third-order valence-electron chi connectivity index (χ3n) is 5.53. The molecule has 1 fully saturated rings. The van der Waals surface area contributed by atoms with E-state index < -0.39 is 10.8 Å². The maximum absolute atomic E-state index is 11.6. The van der Waals surface area contributed by atoms with Crippen molar-refractivity contribution < 1.29 is 14.8 Å². The molecule has 1 atom stereocenters. The van der Waals surface area contributed by atoms with Gasteiger partial charge in [0.1, 0.15) is 12.0 Å². The predicted octanol–water partition coefficient (Wildman–Crippen LogP) is 3.50. The third-order valence-corrected chi connectivity index (χ3v) is 5.53. The molecule has 154 valence electrons. The zero-order valence-corrected chi connectivity index (χ0v) is 16.8. The molecular weight excluding hydrogens is 370 g/mol. The lowest BCUT2D eigenvalue weighted by molar-refractivity contribution is -0.384. The van der Waals surface area contributed by atoms with Crippen LogP contribution in [-0.2, 0) is 4.79 Å². The van der Waals surface area contributed by atoms with Crippen LogP contribution in [0.25, 0.3) is 0 Å². The van der Waals surface area contributed by atoms with Crippen molar-refractivity contribution >= 4 is 17.7 Å². The van der Waals surface area contributed by atoms with Gasteiger partial charge >= 0.3 is 0 Å². The van der Waals surface area contributed by atoms with Crippen molar-refractivity contribution in [1.82, 2.24) is 4.90 Å². The molecule has 1 aromatic rings. The summed E-state index contributed by atoms with van der Waals surface area (Å²) in [5, 5.41) is 21.2. The Balaban J connectivity index is 1.64. The number of non-ortho nitro benzene ring substituents is 1. The molecule has 1 unspecified atom stereocenters. The van der Waals surface area contributed by atoms with Crippen LogP contribution in [0.5, 0.6) is 0 Å². The summed E-state index contributed by atoms with van der Waals surface area (Å²) in [4.78, 5) is 26.5. The standard InChI is InChI=1S/C22H27N3O4/c1-16(2)17-3-4-18(21(15-26)22(27)13-17)14-23-9-11-24(12-10-23)19-5-7-20(8-6-19)25(28)29/h3-8,13,15-16,21,27H,9-12,14H2,1-2H3. The number of rotatable bonds is 6. The molecule has 0 saturated carbocycles. The van der Waals surface area contributed by atoms with Gasteiger partial charge in [-0.3, -0.25) is 15.0 Å². The van der Waals surface area contributed by atoms with Crippen molar-refractivity contribution in [2.24, 2.45) is 11.8 Å². The van der Waals surface area contributed by atoms with Gasteiger partial charge in [-0.1, -0.05) is 26.0 Å². The number of piperazine rings is 1. The molecule has 0 bridgehead atoms. The van der Waals surface area contributed by atoms with Crippen LogP contribution in [-0.4, -0.2) is 53.9 Å². The summed E-state index contributed by atoms with van der Waals surface area (Å²) in [6, 6.07) is 6.62. The van der Waals surface area contributed by atoms with E-state index in [4.69, 9.17) is 0 Å². The number of hydrogen-bond acceptors (Lipinski definition) is 6. The molecule has 7 nitrogen and oxygen atoms in total. The van der Waals surface area contributed by atoms with Gasteiger partial charge in [0.2, 0.25) is 0 Å². The number of benzene rings is 1. The van der Waals surface area contributed by atoms with E-state index in [0.29, 0.717) is 6.54 Å². The molecule has 1 aliphatic heterocycles. The van der Waals surface area contributed by atoms with Gasteiger partial charge < -0.3 is 14.8 Å². The molecule has 1 saturated heterocycles. The first-order chi connectivity index (χ1) is 13.9. The van der Waals surface area contributed by atoms with Crippen LogP contribution in [0.1, 0.15) is 13.8 Å². The lowest BCUT2D eigenvalue weighted by atomic mass is 9.97. The summed E-state index contributed by atoms with van der Waals surface area (Å²) in [5.41, 5.74) is 2.97. The Kier molecular flexibility index (Phi) is 6.49. The first-order valence-corrected chi connectivity index (χ1v) is 9.87. The Labute approximate surface area is 170 Å². The van der Waals surface area contributed by atoms with Crippen LogP contribution < -0.4 is 4.90 Å². The molecule has 0 spiro atoms. The number of aliphatic hydroxyl groups is 1. The van der Waals surface area contributed by atoms with E-state index in [1.54, 1.807) is 18.2 Å². The molecule has 1 aliphatic carbocycles. The molecule has 7 heteroatoms. The number of anilines is 1. The second-order valence-electron chi connectivity index (χ2n) is 7.78. The fourth-order valence-electron chi connectivity index (χ4n) is 3.68. The van der Waals surface area contributed by atoms with Crippen LogP contribution in [0.15, 0.2) is 59.4 Å². The van der Waals surface area contributed by atoms with Crippen LogP contribution in [0.2, 0.25) is 0 Å². The minimum Gasteiger partial charge on any atom is -0.511 e. The number of nitro benzene ring substituents is 1. The van der Waals surface area contributed by atoms with Crippen LogP contribution in [0.4, 0.5) is 11.4 Å². The van der Waals surface area contributed by atoms with Crippen LogP contribution >= 0.6 is 0 Å². The first kappa shape index (κ1) is 20.8. The van der Waals surface area contributed by atoms with E-state index >= 15 is 0 Å². The topological polar surface area (TPSA) is 86.9 Å². The summed E-state index contributed by atoms with van der Waals surface area (Å²) >= 11 is 0. The van der Waals surface area contributed by atoms with Gasteiger partial charge in [-0.2, -0.15) is 0 Å². The minimum atomic E-state index is -0.602. The lowest BCUT2D eigenvalue weighted by Crippen LogP contribution is -2.47. The highest BCUT2D eigenvalue weighted by Crippen LogP contribution is 2.27. The third kappa shape index (κ3) is 4.92. The fourth-order valence-corrected chi connectivity index (χ4v) is 3.68. The molecule has 1 heterocycles. The molecule has 0 aromatic heterocycles. The number of nitrogens with zero attached hydrogens (tertiary/aromatic N) is 3. The Hall–Kier alpha value is -2.93. The van der Waals surface area contributed by atoms with Gasteiger partial charge in [-0.05, 0) is 35.3 Å². The van der Waals surface area contributed by atoms with Crippen molar-refractivity contribution in [3.63, 3.8) is 0 Å². The molecule has 1 N–H and O–H groups in total. The lowest BCUT2D eigenvalue weighted by Gasteiger charge is -2.36. The van der Waals surface area contributed by atoms with Crippen molar-refractivity contribution in [1.29, 1.82) is 0 Å². The highest BCUT2D eigenvalue weighted by atomic mass is 16.6. The van der Waals surface area contributed by atoms with Gasteiger partial charge in [0.15, 0.2) is 0 Å². The molecule has 0 radical (unpaired) electrons. The maximum atomic E-state index is 11.6. The zero-order valence-electron chi connectivity index (χ0n) is 16.8. The Bertz CT molecular complexity index is 847. The normalized spacial score (nSPS) is 20.6. The highest BCUT2D eigenvalue weighted by Gasteiger charge is 2.25. The monoisotopic (exact) mass is 397 g/mol. The number of nitro groups is 1. The Morgan fingerprint density at radius 3 is 2.38 bits per heavy atom. The number of aliphatic hydroxyl groups excluding tert-OH is 1. The van der Waals surface area contributed by atoms with Crippen molar-refractivity contribution in [3.8, 4) is 0 Å². The number of carbonyl (C=O) groups excluding carboxylic acids is 1. The number of allylic oxidation sites excluding steroid dienone is 5. The van der Waals surface area contributed by atoms with E-state index in [1.807, 2.05) is 12.2 Å². The summed E-state index contributed by atoms with van der Waals surface area (Å²) in [6.07, 6.45) is 6.48. The second kappa shape index (κ2) is 9.05. The summed E-state index contributed by atoms with van der Waals surface area (Å²) in [6.45, 7) is 7.95. The molecule has 29 heavy (non-hydrogen) atoms. The molecule has 0 amide bonds. The van der Waals surface area contributed by atoms with Gasteiger partial charge in [0.25, 0.3) is 5.69 Å². The van der Waals surface area contributed by atoms with Crippen LogP contribution in [0, 0.1) is 22.0 Å². The SMILES string of the molecule is CC(C)C1=CC=C(CN2CCN(c3ccc([N+](=O)[O-])cc3)CC2)C(C=O)C(O)=C1. The van der Waals surface area contributed by atoms with Crippen molar-refractivity contribution in [2.45, 2.75) is 13.8 Å². The van der Waals surface area contributed by atoms with E-state index in [1.165, 1.54) is 12.1 Å². The van der Waals surface area contributed by atoms with E-state index in [-0.39, 0.29) is 17.4 Å². The van der Waals surface area contributed by atoms with Gasteiger partial charge in [-0.15, -0.1) is 0 Å². The van der Waals surface area contributed by atoms with Gasteiger partial charge in [0, 0.05) is 50.5 Å². The quantitative estimate of drug-likeness (QED) is 0.449. The fraction of sp³-hybridized carbons (Fsp3) is 0.409. The summed E-state index contributed by atoms with van der Waals surface area (Å²) < 4.78 is 0. The van der Waals surface area contributed by atoms with E-state index in [2.05, 4.69) is 23.6 Å². The molecular formula is C22H27N3O4. The zero-order chi connectivity index (χ0) is 21.0. The Morgan fingerprint density at radius 2 is 1.83 bits per heavy atom. The smallest absolute Gasteiger partial charge is 0.269 e. The number of aldehydes is 1. The largest absolute Gasteiger partial charge is 0.511 e. The van der Waals surface area contributed by atoms with Crippen molar-refractivity contribution in [2.75, 3.05) is 37.6 Å². The van der Waals surface area contributed by atoms with Gasteiger partial charge in [-0.25, -0.2) is 0 Å². The summed E-state index contributed by atoms with van der Waals surface area (Å²) in [7, 11) is 0. The number of carbonyl (C=O) groups is 1. The van der Waals surface area contributed by atoms with E-state index in [0.717, 1.165) is 49.3 Å². The number of hydrogen-bond donors (Lipinski definition) is 1. The van der Waals surface area contributed by atoms with Crippen LogP contribution in [0.3, 0.4) is 0 Å². The maximum Gasteiger partial charge on any atom is 0.269 e. The average Bonchev–Trinajstić information content (AvgIpc) is 2.87. The summed E-state index contributed by atoms with van der Waals surface area (Å²) in [5.74, 6) is -0.228. The Morgan fingerprint density at radius 1 is 1.17 bits per heavy atom. The molecule has 2 aliphatic rings. The van der Waals surface area contributed by atoms with Gasteiger partial charge in [0.05, 0.1) is 10.8 Å². The molecule has 3 rings (SSSR count). The second-order valence-corrected chi connectivity index (χ2v) is 7.78. The molecule has 1 aromatic carbocycles. The minimum absolute atomic E-state index is 0.0919. The van der Waals surface area contributed by atoms with E-state index in [9.17, 15) is 20.0 Å². The first-order valence-electron chi connectivity index (χ1n) is 9.87. The predicted molar refractivity (Wildman–Crippen MR) is 113 cm³/mol. The van der Waals surface area contributed by atoms with Crippen molar-refractivity contribution in [3.05, 3.63) is 69.5 Å².